The van der Waals surface area contributed by atoms with Gasteiger partial charge in [0, 0.05) is 31.7 Å². The Bertz CT molecular complexity index is 1050. The maximum absolute atomic E-state index is 10.7. The summed E-state index contributed by atoms with van der Waals surface area (Å²) in [7, 11) is 3.52. The van der Waals surface area contributed by atoms with E-state index in [9.17, 15) is 5.11 Å². The molecule has 3 aromatic rings. The molecule has 7 nitrogen and oxygen atoms in total. The highest BCUT2D eigenvalue weighted by molar-refractivity contribution is 5.66. The molecule has 0 aliphatic heterocycles. The van der Waals surface area contributed by atoms with Crippen molar-refractivity contribution in [3.05, 3.63) is 60.2 Å². The van der Waals surface area contributed by atoms with Crippen LogP contribution in [0.2, 0.25) is 0 Å². The van der Waals surface area contributed by atoms with E-state index in [-0.39, 0.29) is 12.1 Å². The summed E-state index contributed by atoms with van der Waals surface area (Å²) in [5.74, 6) is 1.93. The number of rotatable bonds is 13. The lowest BCUT2D eigenvalue weighted by Crippen LogP contribution is -2.40. The van der Waals surface area contributed by atoms with Gasteiger partial charge in [-0.2, -0.15) is 5.10 Å². The molecule has 0 saturated heterocycles. The van der Waals surface area contributed by atoms with Crippen molar-refractivity contribution in [1.29, 1.82) is 0 Å². The Morgan fingerprint density at radius 3 is 2.29 bits per heavy atom. The number of para-hydroxylation sites is 2. The topological polar surface area (TPSA) is 69.0 Å². The minimum atomic E-state index is -0.596. The summed E-state index contributed by atoms with van der Waals surface area (Å²) in [5, 5.41) is 15.6. The predicted molar refractivity (Wildman–Crippen MR) is 139 cm³/mol. The van der Waals surface area contributed by atoms with Gasteiger partial charge in [0.2, 0.25) is 5.88 Å². The third-order valence-corrected chi connectivity index (χ3v) is 6.05. The Labute approximate surface area is 209 Å². The highest BCUT2D eigenvalue weighted by Gasteiger charge is 2.26. The number of benzene rings is 2. The van der Waals surface area contributed by atoms with Crippen molar-refractivity contribution in [3.63, 3.8) is 0 Å². The molecule has 0 unspecified atom stereocenters. The number of aromatic nitrogens is 2. The van der Waals surface area contributed by atoms with E-state index in [0.29, 0.717) is 37.1 Å². The van der Waals surface area contributed by atoms with E-state index in [1.54, 1.807) is 11.8 Å². The number of hydrogen-bond acceptors (Lipinski definition) is 6. The number of aryl methyl sites for hydroxylation is 1. The number of hydrogen-bond donors (Lipinski definition) is 1. The standard InChI is InChI=1S/C28H39N3O4/c1-7-21(4)31(17-23(32)19-34-20(2)3)18-24-27(22-13-9-8-10-14-22)29-30(5)28(24)35-26-16-12-11-15-25(26)33-6/h8-16,20-21,23,32H,7,17-19H2,1-6H3/t21-,23-/m1/s1. The van der Waals surface area contributed by atoms with Gasteiger partial charge in [0.15, 0.2) is 11.5 Å². The second-order valence-corrected chi connectivity index (χ2v) is 9.10. The van der Waals surface area contributed by atoms with Gasteiger partial charge in [0.05, 0.1) is 31.5 Å². The second kappa shape index (κ2) is 12.7. The van der Waals surface area contributed by atoms with Crippen molar-refractivity contribution >= 4 is 0 Å². The molecule has 0 aliphatic carbocycles. The van der Waals surface area contributed by atoms with Gasteiger partial charge >= 0.3 is 0 Å². The van der Waals surface area contributed by atoms with Crippen LogP contribution in [0, 0.1) is 0 Å². The van der Waals surface area contributed by atoms with Crippen LogP contribution >= 0.6 is 0 Å². The number of nitrogens with zero attached hydrogens (tertiary/aromatic N) is 3. The van der Waals surface area contributed by atoms with Crippen LogP contribution in [0.15, 0.2) is 54.6 Å². The first-order valence-corrected chi connectivity index (χ1v) is 12.3. The maximum Gasteiger partial charge on any atom is 0.222 e. The summed E-state index contributed by atoms with van der Waals surface area (Å²) in [6.07, 6.45) is 0.425. The van der Waals surface area contributed by atoms with E-state index in [2.05, 4.69) is 30.9 Å². The number of aliphatic hydroxyl groups excluding tert-OH is 1. The van der Waals surface area contributed by atoms with Crippen LogP contribution in [0.25, 0.3) is 11.3 Å². The smallest absolute Gasteiger partial charge is 0.222 e. The van der Waals surface area contributed by atoms with Crippen LogP contribution < -0.4 is 9.47 Å². The van der Waals surface area contributed by atoms with Gasteiger partial charge in [0.1, 0.15) is 5.69 Å². The zero-order valence-corrected chi connectivity index (χ0v) is 21.8. The molecule has 2 aromatic carbocycles. The van der Waals surface area contributed by atoms with Crippen LogP contribution in [-0.2, 0) is 18.3 Å². The summed E-state index contributed by atoms with van der Waals surface area (Å²) in [4.78, 5) is 2.27. The molecule has 0 spiro atoms. The zero-order valence-electron chi connectivity index (χ0n) is 21.8. The lowest BCUT2D eigenvalue weighted by atomic mass is 10.1. The lowest BCUT2D eigenvalue weighted by Gasteiger charge is -2.31. The van der Waals surface area contributed by atoms with E-state index in [4.69, 9.17) is 19.3 Å². The minimum Gasteiger partial charge on any atom is -0.493 e. The first-order chi connectivity index (χ1) is 16.8. The molecule has 0 saturated carbocycles. The normalized spacial score (nSPS) is 13.3. The monoisotopic (exact) mass is 481 g/mol. The molecule has 1 aromatic heterocycles. The fourth-order valence-electron chi connectivity index (χ4n) is 3.95. The zero-order chi connectivity index (χ0) is 25.4. The number of ether oxygens (including phenoxy) is 3. The first kappa shape index (κ1) is 26.7. The SMILES string of the molecule is CC[C@@H](C)N(Cc1c(-c2ccccc2)nn(C)c1Oc1ccccc1OC)C[C@@H](O)COC(C)C. The molecule has 3 rings (SSSR count). The minimum absolute atomic E-state index is 0.0746. The molecule has 0 amide bonds. The van der Waals surface area contributed by atoms with Gasteiger partial charge in [-0.05, 0) is 39.3 Å². The Morgan fingerprint density at radius 1 is 1.00 bits per heavy atom. The van der Waals surface area contributed by atoms with Crippen LogP contribution in [0.1, 0.15) is 39.7 Å². The van der Waals surface area contributed by atoms with Crippen molar-refractivity contribution < 1.29 is 19.3 Å². The third-order valence-electron chi connectivity index (χ3n) is 6.05. The molecular formula is C28H39N3O4. The maximum atomic E-state index is 10.7. The average Bonchev–Trinajstić information content (AvgIpc) is 3.17. The molecule has 2 atom stereocenters. The van der Waals surface area contributed by atoms with Crippen LogP contribution in [0.4, 0.5) is 0 Å². The van der Waals surface area contributed by atoms with E-state index >= 15 is 0 Å². The van der Waals surface area contributed by atoms with Gasteiger partial charge in [-0.1, -0.05) is 49.4 Å². The lowest BCUT2D eigenvalue weighted by molar-refractivity contribution is -0.0149. The summed E-state index contributed by atoms with van der Waals surface area (Å²) >= 11 is 0. The largest absolute Gasteiger partial charge is 0.493 e. The molecule has 7 heteroatoms. The van der Waals surface area contributed by atoms with Crippen LogP contribution in [-0.4, -0.2) is 58.3 Å². The molecular weight excluding hydrogens is 442 g/mol. The van der Waals surface area contributed by atoms with Gasteiger partial charge in [-0.3, -0.25) is 4.90 Å². The Hall–Kier alpha value is -2.87. The highest BCUT2D eigenvalue weighted by atomic mass is 16.5. The molecule has 35 heavy (non-hydrogen) atoms. The summed E-state index contributed by atoms with van der Waals surface area (Å²) in [5.41, 5.74) is 2.84. The first-order valence-electron chi connectivity index (χ1n) is 12.3. The molecule has 0 radical (unpaired) electrons. The van der Waals surface area contributed by atoms with E-state index in [0.717, 1.165) is 23.2 Å². The van der Waals surface area contributed by atoms with Crippen LogP contribution in [0.3, 0.4) is 0 Å². The van der Waals surface area contributed by atoms with Crippen molar-refractivity contribution in [2.24, 2.45) is 7.05 Å². The molecule has 0 fully saturated rings. The van der Waals surface area contributed by atoms with Crippen molar-refractivity contribution in [2.75, 3.05) is 20.3 Å². The molecule has 0 bridgehead atoms. The second-order valence-electron chi connectivity index (χ2n) is 9.10. The molecule has 0 aliphatic rings. The quantitative estimate of drug-likeness (QED) is 0.358. The Morgan fingerprint density at radius 2 is 1.66 bits per heavy atom. The number of methoxy groups -OCH3 is 1. The third kappa shape index (κ3) is 7.07. The fourth-order valence-corrected chi connectivity index (χ4v) is 3.95. The Kier molecular flexibility index (Phi) is 9.72. The van der Waals surface area contributed by atoms with Crippen molar-refractivity contribution in [2.45, 2.75) is 58.9 Å². The van der Waals surface area contributed by atoms with E-state index in [1.807, 2.05) is 63.4 Å². The highest BCUT2D eigenvalue weighted by Crippen LogP contribution is 2.37. The fraction of sp³-hybridized carbons (Fsp3) is 0.464. The van der Waals surface area contributed by atoms with Crippen molar-refractivity contribution in [3.8, 4) is 28.6 Å². The van der Waals surface area contributed by atoms with Gasteiger partial charge in [-0.25, -0.2) is 4.68 Å². The van der Waals surface area contributed by atoms with Gasteiger partial charge in [0.25, 0.3) is 0 Å². The summed E-state index contributed by atoms with van der Waals surface area (Å²) in [6.45, 7) is 9.63. The summed E-state index contributed by atoms with van der Waals surface area (Å²) in [6, 6.07) is 18.0. The molecule has 190 valence electrons. The Balaban J connectivity index is 2.00. The summed E-state index contributed by atoms with van der Waals surface area (Å²) < 4.78 is 19.4. The van der Waals surface area contributed by atoms with E-state index < -0.39 is 6.10 Å². The number of aliphatic hydroxyl groups is 1. The average molecular weight is 482 g/mol. The predicted octanol–water partition coefficient (Wildman–Crippen LogP) is 5.27. The van der Waals surface area contributed by atoms with Gasteiger partial charge in [-0.15, -0.1) is 0 Å². The molecule has 1 N–H and O–H groups in total. The van der Waals surface area contributed by atoms with Crippen molar-refractivity contribution in [1.82, 2.24) is 14.7 Å². The van der Waals surface area contributed by atoms with Gasteiger partial charge < -0.3 is 19.3 Å². The van der Waals surface area contributed by atoms with E-state index in [1.165, 1.54) is 0 Å². The molecule has 1 heterocycles. The van der Waals surface area contributed by atoms with Crippen LogP contribution in [0.5, 0.6) is 17.4 Å².